The highest BCUT2D eigenvalue weighted by Crippen LogP contribution is 2.29. The average molecular weight is 361 g/mol. The molecular formula is C23H27N3O. The molecule has 0 saturated carbocycles. The number of benzene rings is 1. The smallest absolute Gasteiger partial charge is 0.227 e. The summed E-state index contributed by atoms with van der Waals surface area (Å²) < 4.78 is 2.17. The lowest BCUT2D eigenvalue weighted by Gasteiger charge is -2.23. The van der Waals surface area contributed by atoms with Crippen LogP contribution in [0.1, 0.15) is 48.3 Å². The first-order valence-corrected chi connectivity index (χ1v) is 9.98. The van der Waals surface area contributed by atoms with E-state index >= 15 is 0 Å². The number of hydrogen-bond donors (Lipinski definition) is 1. The number of imidazole rings is 1. The number of anilines is 1. The maximum Gasteiger partial charge on any atom is 0.227 e. The van der Waals surface area contributed by atoms with E-state index in [0.717, 1.165) is 49.1 Å². The van der Waals surface area contributed by atoms with Gasteiger partial charge in [0.15, 0.2) is 0 Å². The van der Waals surface area contributed by atoms with Gasteiger partial charge in [-0.2, -0.15) is 0 Å². The van der Waals surface area contributed by atoms with Gasteiger partial charge in [-0.3, -0.25) is 4.79 Å². The predicted molar refractivity (Wildman–Crippen MR) is 109 cm³/mol. The maximum atomic E-state index is 13.1. The summed E-state index contributed by atoms with van der Waals surface area (Å²) in [5.41, 5.74) is 7.98. The van der Waals surface area contributed by atoms with Gasteiger partial charge in [0.25, 0.3) is 0 Å². The Hall–Kier alpha value is -2.62. The molecule has 1 aromatic carbocycles. The molecule has 2 heterocycles. The summed E-state index contributed by atoms with van der Waals surface area (Å²) in [4.78, 5) is 17.9. The molecule has 4 nitrogen and oxygen atoms in total. The number of carbonyl (C=O) groups excluding carboxylic acids is 1. The van der Waals surface area contributed by atoms with Gasteiger partial charge in [0.2, 0.25) is 5.91 Å². The third-order valence-corrected chi connectivity index (χ3v) is 5.74. The van der Waals surface area contributed by atoms with Crippen molar-refractivity contribution in [1.29, 1.82) is 0 Å². The fraction of sp³-hybridized carbons (Fsp3) is 0.391. The summed E-state index contributed by atoms with van der Waals surface area (Å²) >= 11 is 0. The molecule has 27 heavy (non-hydrogen) atoms. The highest BCUT2D eigenvalue weighted by molar-refractivity contribution is 5.94. The Morgan fingerprint density at radius 2 is 1.93 bits per heavy atom. The van der Waals surface area contributed by atoms with Gasteiger partial charge in [-0.05, 0) is 55.4 Å². The van der Waals surface area contributed by atoms with Crippen molar-refractivity contribution < 1.29 is 4.79 Å². The molecule has 140 valence electrons. The van der Waals surface area contributed by atoms with Gasteiger partial charge < -0.3 is 9.72 Å². The van der Waals surface area contributed by atoms with E-state index in [1.807, 2.05) is 0 Å². The van der Waals surface area contributed by atoms with Crippen LogP contribution in [0.3, 0.4) is 0 Å². The lowest BCUT2D eigenvalue weighted by Crippen LogP contribution is -2.29. The van der Waals surface area contributed by atoms with Crippen LogP contribution >= 0.6 is 0 Å². The van der Waals surface area contributed by atoms with Crippen molar-refractivity contribution in [2.75, 3.05) is 5.32 Å². The summed E-state index contributed by atoms with van der Waals surface area (Å²) in [6.07, 6.45) is 6.45. The van der Waals surface area contributed by atoms with Crippen molar-refractivity contribution in [2.45, 2.75) is 52.9 Å². The van der Waals surface area contributed by atoms with Crippen LogP contribution in [0.5, 0.6) is 0 Å². The minimum absolute atomic E-state index is 0.00692. The van der Waals surface area contributed by atoms with Crippen LogP contribution in [0, 0.1) is 12.8 Å². The maximum absolute atomic E-state index is 13.1. The van der Waals surface area contributed by atoms with Crippen LogP contribution in [0.25, 0.3) is 5.65 Å². The fourth-order valence-corrected chi connectivity index (χ4v) is 4.16. The van der Waals surface area contributed by atoms with Gasteiger partial charge in [-0.25, -0.2) is 4.98 Å². The van der Waals surface area contributed by atoms with E-state index in [4.69, 9.17) is 4.98 Å². The second-order valence-electron chi connectivity index (χ2n) is 7.53. The minimum atomic E-state index is -0.00692. The monoisotopic (exact) mass is 361 g/mol. The minimum Gasteiger partial charge on any atom is -0.325 e. The predicted octanol–water partition coefficient (Wildman–Crippen LogP) is 4.51. The van der Waals surface area contributed by atoms with Gasteiger partial charge in [0.05, 0.1) is 5.69 Å². The van der Waals surface area contributed by atoms with Crippen LogP contribution in [-0.4, -0.2) is 15.3 Å². The molecule has 0 aliphatic heterocycles. The van der Waals surface area contributed by atoms with Crippen molar-refractivity contribution in [3.63, 3.8) is 0 Å². The first-order valence-electron chi connectivity index (χ1n) is 9.98. The van der Waals surface area contributed by atoms with Crippen LogP contribution in [0.4, 0.5) is 5.69 Å². The van der Waals surface area contributed by atoms with Gasteiger partial charge in [0.1, 0.15) is 5.65 Å². The molecule has 3 aromatic rings. The van der Waals surface area contributed by atoms with E-state index in [9.17, 15) is 4.79 Å². The normalized spacial score (nSPS) is 16.3. The number of aryl methyl sites for hydroxylation is 4. The van der Waals surface area contributed by atoms with Gasteiger partial charge in [-0.15, -0.1) is 0 Å². The van der Waals surface area contributed by atoms with Crippen molar-refractivity contribution in [2.24, 2.45) is 5.92 Å². The van der Waals surface area contributed by atoms with Crippen molar-refractivity contribution in [3.05, 3.63) is 64.6 Å². The molecule has 0 saturated heterocycles. The largest absolute Gasteiger partial charge is 0.325 e. The van der Waals surface area contributed by atoms with E-state index in [0.29, 0.717) is 0 Å². The lowest BCUT2D eigenvalue weighted by molar-refractivity contribution is -0.120. The van der Waals surface area contributed by atoms with Crippen LogP contribution < -0.4 is 5.32 Å². The molecule has 1 aliphatic carbocycles. The molecule has 0 fully saturated rings. The van der Waals surface area contributed by atoms with E-state index < -0.39 is 0 Å². The lowest BCUT2D eigenvalue weighted by atomic mass is 9.88. The molecule has 0 radical (unpaired) electrons. The molecule has 0 spiro atoms. The van der Waals surface area contributed by atoms with Gasteiger partial charge >= 0.3 is 0 Å². The number of aromatic nitrogens is 2. The molecule has 4 rings (SSSR count). The van der Waals surface area contributed by atoms with E-state index in [2.05, 4.69) is 67.0 Å². The molecule has 2 aromatic heterocycles. The fourth-order valence-electron chi connectivity index (χ4n) is 4.16. The summed E-state index contributed by atoms with van der Waals surface area (Å²) in [6.45, 7) is 6.36. The first-order chi connectivity index (χ1) is 13.1. The molecule has 4 heteroatoms. The zero-order chi connectivity index (χ0) is 19.0. The first kappa shape index (κ1) is 17.8. The van der Waals surface area contributed by atoms with Gasteiger partial charge in [-0.1, -0.05) is 38.1 Å². The number of hydrogen-bond acceptors (Lipinski definition) is 2. The molecular weight excluding hydrogens is 334 g/mol. The van der Waals surface area contributed by atoms with Gasteiger partial charge in [0, 0.05) is 29.9 Å². The topological polar surface area (TPSA) is 46.4 Å². The summed E-state index contributed by atoms with van der Waals surface area (Å²) in [7, 11) is 0. The molecule has 1 unspecified atom stereocenters. The SMILES string of the molecule is CCc1cccc(CC)c1NC(=O)C1CCc2nc3ccc(C)cn3c2C1. The van der Waals surface area contributed by atoms with Crippen LogP contribution in [0.2, 0.25) is 0 Å². The number of nitrogens with zero attached hydrogens (tertiary/aromatic N) is 2. The number of para-hydroxylation sites is 1. The zero-order valence-electron chi connectivity index (χ0n) is 16.4. The molecule has 1 amide bonds. The molecule has 1 N–H and O–H groups in total. The number of carbonyl (C=O) groups is 1. The van der Waals surface area contributed by atoms with E-state index in [1.54, 1.807) is 0 Å². The summed E-state index contributed by atoms with van der Waals surface area (Å²) in [5, 5.41) is 3.26. The third-order valence-electron chi connectivity index (χ3n) is 5.74. The highest BCUT2D eigenvalue weighted by atomic mass is 16.1. The summed E-state index contributed by atoms with van der Waals surface area (Å²) in [5.74, 6) is 0.131. The number of amides is 1. The summed E-state index contributed by atoms with van der Waals surface area (Å²) in [6, 6.07) is 10.5. The van der Waals surface area contributed by atoms with E-state index in [1.165, 1.54) is 22.4 Å². The zero-order valence-corrected chi connectivity index (χ0v) is 16.4. The highest BCUT2D eigenvalue weighted by Gasteiger charge is 2.28. The number of fused-ring (bicyclic) bond motifs is 3. The average Bonchev–Trinajstić information content (AvgIpc) is 3.05. The molecule has 1 atom stereocenters. The Morgan fingerprint density at radius 3 is 2.63 bits per heavy atom. The second-order valence-corrected chi connectivity index (χ2v) is 7.53. The standard InChI is InChI=1S/C23H27N3O/c1-4-16-7-6-8-17(5-2)22(16)25-23(27)18-10-11-19-20(13-18)26-14-15(3)9-12-21(26)24-19/h6-9,12,14,18H,4-5,10-11,13H2,1-3H3,(H,25,27). The van der Waals surface area contributed by atoms with Crippen molar-refractivity contribution in [1.82, 2.24) is 9.38 Å². The molecule has 1 aliphatic rings. The van der Waals surface area contributed by atoms with Crippen LogP contribution in [0.15, 0.2) is 36.5 Å². The second kappa shape index (κ2) is 7.18. The Labute approximate surface area is 160 Å². The Kier molecular flexibility index (Phi) is 4.73. The Balaban J connectivity index is 1.60. The van der Waals surface area contributed by atoms with E-state index in [-0.39, 0.29) is 11.8 Å². The van der Waals surface area contributed by atoms with Crippen molar-refractivity contribution >= 4 is 17.2 Å². The molecule has 0 bridgehead atoms. The van der Waals surface area contributed by atoms with Crippen molar-refractivity contribution in [3.8, 4) is 0 Å². The number of nitrogens with one attached hydrogen (secondary N) is 1. The Bertz CT molecular complexity index is 980. The number of rotatable bonds is 4. The number of pyridine rings is 1. The Morgan fingerprint density at radius 1 is 1.19 bits per heavy atom. The van der Waals surface area contributed by atoms with Crippen LogP contribution in [-0.2, 0) is 30.5 Å². The third kappa shape index (κ3) is 3.25. The quantitative estimate of drug-likeness (QED) is 0.743.